The zero-order chi connectivity index (χ0) is 11.4. The van der Waals surface area contributed by atoms with Gasteiger partial charge in [0.15, 0.2) is 0 Å². The van der Waals surface area contributed by atoms with Crippen molar-refractivity contribution in [2.24, 2.45) is 0 Å². The van der Waals surface area contributed by atoms with Crippen molar-refractivity contribution in [2.75, 3.05) is 0 Å². The predicted molar refractivity (Wildman–Crippen MR) is 64.9 cm³/mol. The monoisotopic (exact) mass is 290 g/mol. The maximum absolute atomic E-state index is 10.5. The van der Waals surface area contributed by atoms with Crippen LogP contribution in [0.25, 0.3) is 0 Å². The average Bonchev–Trinajstić information content (AvgIpc) is 2.10. The van der Waals surface area contributed by atoms with Gasteiger partial charge in [-0.15, -0.1) is 0 Å². The van der Waals surface area contributed by atoms with Gasteiger partial charge < -0.3 is 5.11 Å². The van der Waals surface area contributed by atoms with Crippen LogP contribution in [-0.2, 0) is 11.2 Å². The average molecular weight is 292 g/mol. The Balaban J connectivity index is 2.64. The van der Waals surface area contributed by atoms with E-state index in [1.807, 2.05) is 25.1 Å². The molecule has 1 rings (SSSR count). The Kier molecular flexibility index (Phi) is 4.61. The number of alkyl halides is 1. The molecule has 0 fully saturated rings. The molecule has 1 N–H and O–H groups in total. The van der Waals surface area contributed by atoms with E-state index in [1.54, 1.807) is 0 Å². The summed E-state index contributed by atoms with van der Waals surface area (Å²) in [6, 6.07) is 5.75. The number of benzene rings is 1. The van der Waals surface area contributed by atoms with Gasteiger partial charge in [0, 0.05) is 9.85 Å². The van der Waals surface area contributed by atoms with Crippen molar-refractivity contribution in [1.82, 2.24) is 0 Å². The number of hydrogen-bond acceptors (Lipinski definition) is 1. The second-order valence-electron chi connectivity index (χ2n) is 3.48. The molecule has 2 nitrogen and oxygen atoms in total. The second kappa shape index (κ2) is 5.52. The molecule has 0 heterocycles. The first-order chi connectivity index (χ1) is 6.99. The Morgan fingerprint density at radius 2 is 2.27 bits per heavy atom. The third-order valence-corrected chi connectivity index (χ3v) is 3.15. The lowest BCUT2D eigenvalue weighted by Gasteiger charge is -2.08. The Hall–Kier alpha value is -0.540. The van der Waals surface area contributed by atoms with Gasteiger partial charge in [0.25, 0.3) is 0 Å². The molecule has 0 aliphatic rings. The van der Waals surface area contributed by atoms with Crippen molar-refractivity contribution in [1.29, 1.82) is 0 Å². The molecule has 15 heavy (non-hydrogen) atoms. The Labute approximate surface area is 102 Å². The first-order valence-corrected chi connectivity index (χ1v) is 5.89. The van der Waals surface area contributed by atoms with Crippen molar-refractivity contribution in [2.45, 2.75) is 24.6 Å². The van der Waals surface area contributed by atoms with Gasteiger partial charge in [0.1, 0.15) is 0 Å². The van der Waals surface area contributed by atoms with E-state index in [9.17, 15) is 4.79 Å². The van der Waals surface area contributed by atoms with Gasteiger partial charge in [-0.25, -0.2) is 0 Å². The van der Waals surface area contributed by atoms with Crippen LogP contribution in [0.15, 0.2) is 18.2 Å². The minimum atomic E-state index is -0.789. The van der Waals surface area contributed by atoms with E-state index in [1.165, 1.54) is 0 Å². The highest BCUT2D eigenvalue weighted by Crippen LogP contribution is 2.19. The number of carbonyl (C=O) groups is 1. The maximum Gasteiger partial charge on any atom is 0.304 e. The number of aryl methyl sites for hydroxylation is 1. The highest BCUT2D eigenvalue weighted by atomic mass is 79.9. The molecule has 0 bridgehead atoms. The number of hydrogen-bond donors (Lipinski definition) is 1. The number of carboxylic acid groups (broad SMARTS) is 1. The number of rotatable bonds is 4. The lowest BCUT2D eigenvalue weighted by Crippen LogP contribution is -2.09. The topological polar surface area (TPSA) is 37.3 Å². The maximum atomic E-state index is 10.5. The predicted octanol–water partition coefficient (Wildman–Crippen LogP) is 3.43. The molecule has 0 saturated carbocycles. The van der Waals surface area contributed by atoms with Crippen LogP contribution in [0, 0.1) is 6.92 Å². The molecule has 1 atom stereocenters. The fourth-order valence-corrected chi connectivity index (χ4v) is 2.12. The minimum Gasteiger partial charge on any atom is -0.481 e. The van der Waals surface area contributed by atoms with E-state index < -0.39 is 5.97 Å². The standard InChI is InChI=1S/C11H12BrClO2/c1-7-4-8(2-3-10(7)13)5-9(12)6-11(14)15/h2-4,9H,5-6H2,1H3,(H,14,15). The molecule has 0 aromatic heterocycles. The van der Waals surface area contributed by atoms with Crippen LogP contribution in [0.2, 0.25) is 5.02 Å². The summed E-state index contributed by atoms with van der Waals surface area (Å²) in [7, 11) is 0. The van der Waals surface area contributed by atoms with Crippen LogP contribution in [0.5, 0.6) is 0 Å². The quantitative estimate of drug-likeness (QED) is 0.863. The van der Waals surface area contributed by atoms with E-state index in [-0.39, 0.29) is 11.2 Å². The van der Waals surface area contributed by atoms with Crippen LogP contribution in [0.3, 0.4) is 0 Å². The van der Waals surface area contributed by atoms with Crippen molar-refractivity contribution < 1.29 is 9.90 Å². The summed E-state index contributed by atoms with van der Waals surface area (Å²) in [6.45, 7) is 1.94. The molecule has 1 unspecified atom stereocenters. The first kappa shape index (κ1) is 12.5. The summed E-state index contributed by atoms with van der Waals surface area (Å²) in [5.74, 6) is -0.789. The first-order valence-electron chi connectivity index (χ1n) is 4.60. The minimum absolute atomic E-state index is 0.0319. The van der Waals surface area contributed by atoms with Gasteiger partial charge >= 0.3 is 5.97 Å². The van der Waals surface area contributed by atoms with E-state index in [0.717, 1.165) is 16.1 Å². The molecular weight excluding hydrogens is 279 g/mol. The Morgan fingerprint density at radius 1 is 1.60 bits per heavy atom. The molecule has 0 aliphatic heterocycles. The van der Waals surface area contributed by atoms with Gasteiger partial charge in [0.2, 0.25) is 0 Å². The normalized spacial score (nSPS) is 12.5. The largest absolute Gasteiger partial charge is 0.481 e. The smallest absolute Gasteiger partial charge is 0.304 e. The molecule has 82 valence electrons. The Bertz CT molecular complexity index is 366. The van der Waals surface area contributed by atoms with Crippen molar-refractivity contribution >= 4 is 33.5 Å². The second-order valence-corrected chi connectivity index (χ2v) is 5.18. The molecule has 1 aromatic carbocycles. The number of carboxylic acids is 1. The van der Waals surface area contributed by atoms with Gasteiger partial charge in [0.05, 0.1) is 6.42 Å². The van der Waals surface area contributed by atoms with Gasteiger partial charge in [-0.3, -0.25) is 4.79 Å². The molecule has 1 aromatic rings. The van der Waals surface area contributed by atoms with E-state index in [4.69, 9.17) is 16.7 Å². The summed E-state index contributed by atoms with van der Waals surface area (Å²) in [4.78, 5) is 10.4. The molecule has 0 aliphatic carbocycles. The molecular formula is C11H12BrClO2. The third kappa shape index (κ3) is 4.22. The van der Waals surface area contributed by atoms with Crippen LogP contribution >= 0.6 is 27.5 Å². The fraction of sp³-hybridized carbons (Fsp3) is 0.364. The molecule has 0 spiro atoms. The highest BCUT2D eigenvalue weighted by Gasteiger charge is 2.10. The summed E-state index contributed by atoms with van der Waals surface area (Å²) in [6.07, 6.45) is 0.825. The Morgan fingerprint density at radius 3 is 2.80 bits per heavy atom. The highest BCUT2D eigenvalue weighted by molar-refractivity contribution is 9.09. The van der Waals surface area contributed by atoms with Crippen LogP contribution in [0.4, 0.5) is 0 Å². The molecule has 0 radical (unpaired) electrons. The lowest BCUT2D eigenvalue weighted by atomic mass is 10.1. The van der Waals surface area contributed by atoms with E-state index >= 15 is 0 Å². The third-order valence-electron chi connectivity index (χ3n) is 2.08. The van der Waals surface area contributed by atoms with Gasteiger partial charge in [-0.1, -0.05) is 39.7 Å². The van der Waals surface area contributed by atoms with Crippen LogP contribution < -0.4 is 0 Å². The number of aliphatic carboxylic acids is 1. The van der Waals surface area contributed by atoms with Crippen molar-refractivity contribution in [3.05, 3.63) is 34.3 Å². The fourth-order valence-electron chi connectivity index (χ4n) is 1.35. The van der Waals surface area contributed by atoms with Crippen molar-refractivity contribution in [3.63, 3.8) is 0 Å². The van der Waals surface area contributed by atoms with Crippen molar-refractivity contribution in [3.8, 4) is 0 Å². The van der Waals surface area contributed by atoms with Crippen LogP contribution in [0.1, 0.15) is 17.5 Å². The van der Waals surface area contributed by atoms with Gasteiger partial charge in [-0.2, -0.15) is 0 Å². The summed E-state index contributed by atoms with van der Waals surface area (Å²) in [5, 5.41) is 9.35. The summed E-state index contributed by atoms with van der Waals surface area (Å²) >= 11 is 9.24. The lowest BCUT2D eigenvalue weighted by molar-refractivity contribution is -0.136. The summed E-state index contributed by atoms with van der Waals surface area (Å²) in [5.41, 5.74) is 2.12. The zero-order valence-electron chi connectivity index (χ0n) is 8.34. The van der Waals surface area contributed by atoms with Crippen LogP contribution in [-0.4, -0.2) is 15.9 Å². The summed E-state index contributed by atoms with van der Waals surface area (Å²) < 4.78 is 0. The number of halogens is 2. The molecule has 0 saturated heterocycles. The SMILES string of the molecule is Cc1cc(CC(Br)CC(=O)O)ccc1Cl. The van der Waals surface area contributed by atoms with Gasteiger partial charge in [-0.05, 0) is 30.5 Å². The molecule has 0 amide bonds. The van der Waals surface area contributed by atoms with E-state index in [2.05, 4.69) is 15.9 Å². The molecule has 4 heteroatoms. The van der Waals surface area contributed by atoms with E-state index in [0.29, 0.717) is 6.42 Å². The zero-order valence-corrected chi connectivity index (χ0v) is 10.7.